The van der Waals surface area contributed by atoms with Crippen LogP contribution in [0.2, 0.25) is 0 Å². The lowest BCUT2D eigenvalue weighted by Gasteiger charge is -2.28. The van der Waals surface area contributed by atoms with Crippen LogP contribution in [0.15, 0.2) is 53.6 Å². The van der Waals surface area contributed by atoms with Crippen molar-refractivity contribution in [1.29, 1.82) is 0 Å². The molecule has 40 heavy (non-hydrogen) atoms. The lowest BCUT2D eigenvalue weighted by molar-refractivity contribution is 0.101. The fourth-order valence-electron chi connectivity index (χ4n) is 5.93. The van der Waals surface area contributed by atoms with E-state index in [4.69, 9.17) is 9.72 Å². The Kier molecular flexibility index (Phi) is 8.23. The summed E-state index contributed by atoms with van der Waals surface area (Å²) in [6.45, 7) is 14.9. The molecule has 8 heteroatoms. The van der Waals surface area contributed by atoms with Crippen molar-refractivity contribution in [1.82, 2.24) is 9.97 Å². The maximum Gasteiger partial charge on any atom is 0.203 e. The minimum atomic E-state index is -3.96. The maximum atomic E-state index is 14.6. The van der Waals surface area contributed by atoms with Gasteiger partial charge in [0.15, 0.2) is 10.8 Å². The van der Waals surface area contributed by atoms with Gasteiger partial charge in [-0.25, -0.2) is 17.8 Å². The third kappa shape index (κ3) is 6.77. The molecule has 0 radical (unpaired) electrons. The monoisotopic (exact) mass is 568 g/mol. The Balaban J connectivity index is 0.00000462. The SMILES string of the molecule is Cc1cccc(S(=O)(=O)CC(=O)c2ccc(-c3cc(F)cc(OCC(C)C)c3)nc2C2CC(C)(C)CC2(C)C)n1.[HH]. The van der Waals surface area contributed by atoms with Gasteiger partial charge in [-0.15, -0.1) is 0 Å². The summed E-state index contributed by atoms with van der Waals surface area (Å²) in [7, 11) is -3.96. The van der Waals surface area contributed by atoms with Crippen LogP contribution in [0, 0.1) is 29.5 Å². The van der Waals surface area contributed by atoms with E-state index in [1.807, 2.05) is 13.8 Å². The highest BCUT2D eigenvalue weighted by Gasteiger charge is 2.47. The van der Waals surface area contributed by atoms with Crippen LogP contribution in [0.5, 0.6) is 5.75 Å². The molecular weight excluding hydrogens is 527 g/mol. The molecule has 1 atom stereocenters. The third-order valence-electron chi connectivity index (χ3n) is 7.44. The van der Waals surface area contributed by atoms with Gasteiger partial charge in [-0.05, 0) is 72.9 Å². The van der Waals surface area contributed by atoms with Crippen LogP contribution in [-0.2, 0) is 9.84 Å². The van der Waals surface area contributed by atoms with Crippen LogP contribution in [0.1, 0.15) is 83.5 Å². The molecule has 3 aromatic rings. The van der Waals surface area contributed by atoms with E-state index in [1.165, 1.54) is 18.2 Å². The summed E-state index contributed by atoms with van der Waals surface area (Å²) in [5, 5.41) is -0.122. The Morgan fingerprint density at radius 1 is 1.10 bits per heavy atom. The van der Waals surface area contributed by atoms with Gasteiger partial charge in [0, 0.05) is 30.2 Å². The molecule has 0 spiro atoms. The first kappa shape index (κ1) is 29.8. The minimum absolute atomic E-state index is 0. The zero-order chi connectivity index (χ0) is 29.5. The number of halogens is 1. The topological polar surface area (TPSA) is 86.2 Å². The van der Waals surface area contributed by atoms with Crippen molar-refractivity contribution in [3.63, 3.8) is 0 Å². The molecule has 1 aliphatic carbocycles. The molecule has 2 heterocycles. The fourth-order valence-corrected chi connectivity index (χ4v) is 7.15. The first-order valence-corrected chi connectivity index (χ1v) is 15.4. The quantitative estimate of drug-likeness (QED) is 0.249. The third-order valence-corrected chi connectivity index (χ3v) is 8.95. The average molecular weight is 569 g/mol. The Bertz CT molecular complexity index is 1540. The zero-order valence-electron chi connectivity index (χ0n) is 24.4. The van der Waals surface area contributed by atoms with Gasteiger partial charge in [0.05, 0.1) is 18.0 Å². The van der Waals surface area contributed by atoms with E-state index in [-0.39, 0.29) is 34.7 Å². The molecule has 1 aliphatic rings. The average Bonchev–Trinajstić information content (AvgIpc) is 3.08. The highest BCUT2D eigenvalue weighted by Crippen LogP contribution is 2.57. The lowest BCUT2D eigenvalue weighted by Crippen LogP contribution is -2.23. The number of hydrogen-bond donors (Lipinski definition) is 0. The van der Waals surface area contributed by atoms with Crippen molar-refractivity contribution in [2.75, 3.05) is 12.4 Å². The summed E-state index contributed by atoms with van der Waals surface area (Å²) in [4.78, 5) is 22.7. The van der Waals surface area contributed by atoms with Crippen molar-refractivity contribution in [3.8, 4) is 17.0 Å². The van der Waals surface area contributed by atoms with Crippen molar-refractivity contribution in [3.05, 3.63) is 71.3 Å². The zero-order valence-corrected chi connectivity index (χ0v) is 25.2. The molecule has 0 aliphatic heterocycles. The van der Waals surface area contributed by atoms with E-state index in [1.54, 1.807) is 37.3 Å². The first-order valence-electron chi connectivity index (χ1n) is 13.7. The number of aryl methyl sites for hydroxylation is 1. The number of ether oxygens (including phenoxy) is 1. The fraction of sp³-hybridized carbons (Fsp3) is 0.469. The lowest BCUT2D eigenvalue weighted by atomic mass is 9.78. The minimum Gasteiger partial charge on any atom is -0.493 e. The van der Waals surface area contributed by atoms with Crippen LogP contribution < -0.4 is 4.74 Å². The molecular formula is C32H41FN2O4S. The van der Waals surface area contributed by atoms with Gasteiger partial charge in [-0.2, -0.15) is 0 Å². The Hall–Kier alpha value is -3.13. The van der Waals surface area contributed by atoms with Crippen molar-refractivity contribution < 1.29 is 23.8 Å². The number of sulfone groups is 1. The number of aromatic nitrogens is 2. The normalized spacial score (nSPS) is 18.2. The Morgan fingerprint density at radius 2 is 1.82 bits per heavy atom. The molecule has 1 saturated carbocycles. The molecule has 1 fully saturated rings. The van der Waals surface area contributed by atoms with E-state index in [2.05, 4.69) is 32.7 Å². The van der Waals surface area contributed by atoms with Gasteiger partial charge in [0.1, 0.15) is 17.3 Å². The summed E-state index contributed by atoms with van der Waals surface area (Å²) in [5.74, 6) is -1.09. The number of nitrogens with zero attached hydrogens (tertiary/aromatic N) is 2. The Labute approximate surface area is 238 Å². The second-order valence-corrected chi connectivity index (χ2v) is 14.8. The van der Waals surface area contributed by atoms with E-state index < -0.39 is 27.2 Å². The molecule has 2 aromatic heterocycles. The summed E-state index contributed by atoms with van der Waals surface area (Å²) >= 11 is 0. The standard InChI is InChI=1S/C32H39FN2O4S.H2/c1-20(2)17-39-24-14-22(13-23(33)15-24)27-12-11-25(30(35-27)26-16-31(4,5)19-32(26,6)7)28(36)18-40(37,38)29-10-8-9-21(3)34-29;/h8-15,20,26H,16-19H2,1-7H3;1H. The highest BCUT2D eigenvalue weighted by atomic mass is 32.2. The van der Waals surface area contributed by atoms with Crippen LogP contribution in [0.25, 0.3) is 11.3 Å². The van der Waals surface area contributed by atoms with Crippen molar-refractivity contribution >= 4 is 15.6 Å². The molecule has 0 N–H and O–H groups in total. The summed E-state index contributed by atoms with van der Waals surface area (Å²) in [6, 6.07) is 12.5. The first-order chi connectivity index (χ1) is 18.6. The van der Waals surface area contributed by atoms with Crippen LogP contribution in [0.3, 0.4) is 0 Å². The number of hydrogen-bond acceptors (Lipinski definition) is 6. The van der Waals surface area contributed by atoms with Crippen LogP contribution >= 0.6 is 0 Å². The van der Waals surface area contributed by atoms with Gasteiger partial charge in [-0.3, -0.25) is 9.78 Å². The molecule has 216 valence electrons. The number of carbonyl (C=O) groups excluding carboxylic acids is 1. The maximum absolute atomic E-state index is 14.6. The smallest absolute Gasteiger partial charge is 0.203 e. The van der Waals surface area contributed by atoms with Gasteiger partial charge in [0.25, 0.3) is 0 Å². The molecule has 1 unspecified atom stereocenters. The number of Topliss-reactive ketones (excluding diaryl/α,β-unsaturated/α-hetero) is 1. The highest BCUT2D eigenvalue weighted by molar-refractivity contribution is 7.92. The van der Waals surface area contributed by atoms with E-state index in [9.17, 15) is 17.6 Å². The molecule has 0 saturated heterocycles. The predicted molar refractivity (Wildman–Crippen MR) is 157 cm³/mol. The molecule has 0 amide bonds. The molecule has 6 nitrogen and oxygen atoms in total. The predicted octanol–water partition coefficient (Wildman–Crippen LogP) is 7.46. The van der Waals surface area contributed by atoms with Crippen molar-refractivity contribution in [2.45, 2.75) is 72.3 Å². The second kappa shape index (κ2) is 11.0. The van der Waals surface area contributed by atoms with Gasteiger partial charge in [-0.1, -0.05) is 47.6 Å². The number of pyridine rings is 2. The number of ketones is 1. The summed E-state index contributed by atoms with van der Waals surface area (Å²) in [6.07, 6.45) is 1.71. The second-order valence-electron chi connectivity index (χ2n) is 12.9. The van der Waals surface area contributed by atoms with E-state index >= 15 is 0 Å². The van der Waals surface area contributed by atoms with Crippen molar-refractivity contribution in [2.24, 2.45) is 16.7 Å². The van der Waals surface area contributed by atoms with E-state index in [0.717, 1.165) is 12.8 Å². The Morgan fingerprint density at radius 3 is 2.45 bits per heavy atom. The van der Waals surface area contributed by atoms with Gasteiger partial charge < -0.3 is 4.74 Å². The number of carbonyl (C=O) groups is 1. The van der Waals surface area contributed by atoms with E-state index in [0.29, 0.717) is 35.0 Å². The summed E-state index contributed by atoms with van der Waals surface area (Å²) in [5.41, 5.74) is 2.26. The summed E-state index contributed by atoms with van der Waals surface area (Å²) < 4.78 is 46.7. The van der Waals surface area contributed by atoms with Crippen LogP contribution in [0.4, 0.5) is 4.39 Å². The van der Waals surface area contributed by atoms with Gasteiger partial charge >= 0.3 is 0 Å². The largest absolute Gasteiger partial charge is 0.493 e. The number of benzene rings is 1. The number of rotatable bonds is 9. The molecule has 0 bridgehead atoms. The van der Waals surface area contributed by atoms with Gasteiger partial charge in [0.2, 0.25) is 9.84 Å². The molecule has 4 rings (SSSR count). The molecule has 1 aromatic carbocycles. The van der Waals surface area contributed by atoms with Crippen LogP contribution in [-0.4, -0.2) is 36.5 Å².